The number of aryl methyl sites for hydroxylation is 1. The third-order valence-electron chi connectivity index (χ3n) is 2.54. The Morgan fingerprint density at radius 3 is 2.95 bits per heavy atom. The zero-order chi connectivity index (χ0) is 13.8. The molecule has 0 saturated carbocycles. The minimum Gasteiger partial charge on any atom is -0.464 e. The zero-order valence-electron chi connectivity index (χ0n) is 10.8. The van der Waals surface area contributed by atoms with Crippen LogP contribution in [-0.4, -0.2) is 27.8 Å². The Balaban J connectivity index is 2.12. The van der Waals surface area contributed by atoms with Gasteiger partial charge in [0.15, 0.2) is 5.69 Å². The van der Waals surface area contributed by atoms with Crippen molar-refractivity contribution in [2.75, 3.05) is 18.2 Å². The van der Waals surface area contributed by atoms with Gasteiger partial charge in [0.25, 0.3) is 0 Å². The molecule has 19 heavy (non-hydrogen) atoms. The SMILES string of the molecule is COC(=O)c1ccc(N)c(NCc2cnn(C)c2)n1. The predicted molar refractivity (Wildman–Crippen MR) is 70.5 cm³/mol. The third kappa shape index (κ3) is 3.01. The van der Waals surface area contributed by atoms with Gasteiger partial charge in [-0.2, -0.15) is 5.10 Å². The van der Waals surface area contributed by atoms with Gasteiger partial charge in [-0.25, -0.2) is 9.78 Å². The molecule has 0 amide bonds. The molecule has 0 saturated heterocycles. The maximum atomic E-state index is 11.4. The van der Waals surface area contributed by atoms with E-state index in [-0.39, 0.29) is 5.69 Å². The van der Waals surface area contributed by atoms with E-state index in [0.29, 0.717) is 18.1 Å². The number of methoxy groups -OCH3 is 1. The number of esters is 1. The summed E-state index contributed by atoms with van der Waals surface area (Å²) in [6.07, 6.45) is 3.63. The number of anilines is 2. The minimum absolute atomic E-state index is 0.213. The molecule has 0 aliphatic heterocycles. The molecular formula is C12H15N5O2. The van der Waals surface area contributed by atoms with Crippen LogP contribution in [0.1, 0.15) is 16.1 Å². The van der Waals surface area contributed by atoms with E-state index in [1.807, 2.05) is 13.2 Å². The van der Waals surface area contributed by atoms with Gasteiger partial charge in [0.1, 0.15) is 5.82 Å². The van der Waals surface area contributed by atoms with Crippen LogP contribution in [0.4, 0.5) is 11.5 Å². The first kappa shape index (κ1) is 12.9. The lowest BCUT2D eigenvalue weighted by molar-refractivity contribution is 0.0594. The van der Waals surface area contributed by atoms with Crippen LogP contribution in [0, 0.1) is 0 Å². The number of nitrogens with zero attached hydrogens (tertiary/aromatic N) is 3. The lowest BCUT2D eigenvalue weighted by Crippen LogP contribution is -2.09. The van der Waals surface area contributed by atoms with Crippen LogP contribution < -0.4 is 11.1 Å². The first-order valence-electron chi connectivity index (χ1n) is 5.66. The summed E-state index contributed by atoms with van der Waals surface area (Å²) < 4.78 is 6.32. The van der Waals surface area contributed by atoms with E-state index in [0.717, 1.165) is 5.56 Å². The summed E-state index contributed by atoms with van der Waals surface area (Å²) in [6.45, 7) is 0.523. The molecule has 0 atom stereocenters. The van der Waals surface area contributed by atoms with Crippen molar-refractivity contribution in [2.24, 2.45) is 7.05 Å². The molecule has 0 fully saturated rings. The van der Waals surface area contributed by atoms with Crippen molar-refractivity contribution >= 4 is 17.5 Å². The lowest BCUT2D eigenvalue weighted by atomic mass is 10.3. The van der Waals surface area contributed by atoms with Crippen LogP contribution in [0.25, 0.3) is 0 Å². The van der Waals surface area contributed by atoms with Crippen LogP contribution in [0.2, 0.25) is 0 Å². The molecule has 0 aromatic carbocycles. The largest absolute Gasteiger partial charge is 0.464 e. The molecule has 0 bridgehead atoms. The van der Waals surface area contributed by atoms with Gasteiger partial charge in [0.05, 0.1) is 19.0 Å². The van der Waals surface area contributed by atoms with Gasteiger partial charge in [-0.1, -0.05) is 0 Å². The standard InChI is InChI=1S/C12H15N5O2/c1-17-7-8(6-15-17)5-14-11-9(13)3-4-10(16-11)12(18)19-2/h3-4,6-7H,5,13H2,1-2H3,(H,14,16). The van der Waals surface area contributed by atoms with E-state index < -0.39 is 5.97 Å². The first-order chi connectivity index (χ1) is 9.10. The fraction of sp³-hybridized carbons (Fsp3) is 0.250. The van der Waals surface area contributed by atoms with Crippen molar-refractivity contribution < 1.29 is 9.53 Å². The number of nitrogens with one attached hydrogen (secondary N) is 1. The molecule has 0 radical (unpaired) electrons. The van der Waals surface area contributed by atoms with Gasteiger partial charge in [-0.15, -0.1) is 0 Å². The molecule has 0 aliphatic rings. The Labute approximate surface area is 110 Å². The summed E-state index contributed by atoms with van der Waals surface area (Å²) in [5, 5.41) is 7.13. The average molecular weight is 261 g/mol. The number of nitrogen functional groups attached to an aromatic ring is 1. The fourth-order valence-corrected chi connectivity index (χ4v) is 1.58. The van der Waals surface area contributed by atoms with Gasteiger partial charge in [0.2, 0.25) is 0 Å². The first-order valence-corrected chi connectivity index (χ1v) is 5.66. The second kappa shape index (κ2) is 5.38. The van der Waals surface area contributed by atoms with Crippen molar-refractivity contribution in [2.45, 2.75) is 6.54 Å². The van der Waals surface area contributed by atoms with Crippen LogP contribution >= 0.6 is 0 Å². The number of pyridine rings is 1. The van der Waals surface area contributed by atoms with Gasteiger partial charge in [0, 0.05) is 25.4 Å². The van der Waals surface area contributed by atoms with Gasteiger partial charge in [-0.05, 0) is 12.1 Å². The number of aromatic nitrogens is 3. The summed E-state index contributed by atoms with van der Waals surface area (Å²) in [5.41, 5.74) is 7.48. The van der Waals surface area contributed by atoms with E-state index >= 15 is 0 Å². The highest BCUT2D eigenvalue weighted by molar-refractivity contribution is 5.88. The number of carbonyl (C=O) groups excluding carboxylic acids is 1. The molecule has 0 aliphatic carbocycles. The molecule has 0 spiro atoms. The second-order valence-electron chi connectivity index (χ2n) is 4.00. The maximum absolute atomic E-state index is 11.4. The molecule has 7 nitrogen and oxygen atoms in total. The monoisotopic (exact) mass is 261 g/mol. The quantitative estimate of drug-likeness (QED) is 0.790. The van der Waals surface area contributed by atoms with E-state index in [4.69, 9.17) is 5.73 Å². The summed E-state index contributed by atoms with van der Waals surface area (Å²) in [6, 6.07) is 3.14. The molecule has 2 heterocycles. The molecule has 3 N–H and O–H groups in total. The Morgan fingerprint density at radius 1 is 1.53 bits per heavy atom. The van der Waals surface area contributed by atoms with Crippen molar-refractivity contribution in [3.63, 3.8) is 0 Å². The fourth-order valence-electron chi connectivity index (χ4n) is 1.58. The number of nitrogens with two attached hydrogens (primary N) is 1. The summed E-state index contributed by atoms with van der Waals surface area (Å²) >= 11 is 0. The molecule has 2 aromatic rings. The smallest absolute Gasteiger partial charge is 0.356 e. The normalized spacial score (nSPS) is 10.2. The van der Waals surface area contributed by atoms with Crippen molar-refractivity contribution in [1.29, 1.82) is 0 Å². The highest BCUT2D eigenvalue weighted by Crippen LogP contribution is 2.17. The highest BCUT2D eigenvalue weighted by Gasteiger charge is 2.10. The minimum atomic E-state index is -0.496. The Kier molecular flexibility index (Phi) is 3.65. The summed E-state index contributed by atoms with van der Waals surface area (Å²) in [5.74, 6) is -0.0452. The van der Waals surface area contributed by atoms with Crippen molar-refractivity contribution in [3.8, 4) is 0 Å². The number of carbonyl (C=O) groups is 1. The van der Waals surface area contributed by atoms with Crippen LogP contribution in [0.3, 0.4) is 0 Å². The number of hydrogen-bond donors (Lipinski definition) is 2. The average Bonchev–Trinajstić information content (AvgIpc) is 2.82. The molecule has 2 aromatic heterocycles. The van der Waals surface area contributed by atoms with Gasteiger partial charge in [-0.3, -0.25) is 4.68 Å². The second-order valence-corrected chi connectivity index (χ2v) is 4.00. The highest BCUT2D eigenvalue weighted by atomic mass is 16.5. The van der Waals surface area contributed by atoms with E-state index in [9.17, 15) is 4.79 Å². The Morgan fingerprint density at radius 2 is 2.32 bits per heavy atom. The van der Waals surface area contributed by atoms with Gasteiger partial charge >= 0.3 is 5.97 Å². The predicted octanol–water partition coefficient (Wildman–Crippen LogP) is 0.796. The number of hydrogen-bond acceptors (Lipinski definition) is 6. The number of ether oxygens (including phenoxy) is 1. The lowest BCUT2D eigenvalue weighted by Gasteiger charge is -2.08. The molecule has 7 heteroatoms. The summed E-state index contributed by atoms with van der Waals surface area (Å²) in [7, 11) is 3.15. The van der Waals surface area contributed by atoms with E-state index in [1.54, 1.807) is 16.9 Å². The van der Waals surface area contributed by atoms with E-state index in [2.05, 4.69) is 20.1 Å². The zero-order valence-corrected chi connectivity index (χ0v) is 10.8. The number of rotatable bonds is 4. The Bertz CT molecular complexity index is 594. The molecule has 0 unspecified atom stereocenters. The van der Waals surface area contributed by atoms with Crippen LogP contribution in [0.5, 0.6) is 0 Å². The van der Waals surface area contributed by atoms with Crippen LogP contribution in [-0.2, 0) is 18.3 Å². The topological polar surface area (TPSA) is 95.1 Å². The van der Waals surface area contributed by atoms with E-state index in [1.165, 1.54) is 13.2 Å². The molecule has 2 rings (SSSR count). The van der Waals surface area contributed by atoms with Crippen LogP contribution in [0.15, 0.2) is 24.5 Å². The Hall–Kier alpha value is -2.57. The third-order valence-corrected chi connectivity index (χ3v) is 2.54. The van der Waals surface area contributed by atoms with Crippen molar-refractivity contribution in [1.82, 2.24) is 14.8 Å². The maximum Gasteiger partial charge on any atom is 0.356 e. The molecule has 100 valence electrons. The van der Waals surface area contributed by atoms with Gasteiger partial charge < -0.3 is 15.8 Å². The molecular weight excluding hydrogens is 246 g/mol. The van der Waals surface area contributed by atoms with Crippen molar-refractivity contribution in [3.05, 3.63) is 35.8 Å². The summed E-state index contributed by atoms with van der Waals surface area (Å²) in [4.78, 5) is 15.5.